The fourth-order valence-electron chi connectivity index (χ4n) is 7.82. The number of anilines is 2. The molecule has 0 atom stereocenters. The van der Waals surface area contributed by atoms with Gasteiger partial charge in [0.2, 0.25) is 0 Å². The molecular formula is C38H38N12O4. The van der Waals surface area contributed by atoms with Crippen molar-refractivity contribution in [1.29, 1.82) is 0 Å². The standard InChI is InChI=1S/C38H38N12O4/c1-16-8-9-25(51)20(5)29(16)47-32(40)28(24-11-18(3)35-44-15-46-50(35)38(24)47)36(53)42-13-22-12-26(54-7)21(6)30(19(22)4)48-31(39)27(33(41)52)23-10-17(2)34-43-14-45-49(34)37(23)48/h8-12,14-15,51H,13,39-40H2,1-7H3,(H2,41,52)(H,42,53). The molecule has 0 unspecified atom stereocenters. The van der Waals surface area contributed by atoms with Crippen LogP contribution in [0.3, 0.4) is 0 Å². The number of phenolic OH excluding ortho intramolecular Hbond substituents is 1. The number of amides is 2. The molecule has 0 aliphatic carbocycles. The van der Waals surface area contributed by atoms with E-state index in [9.17, 15) is 14.7 Å². The summed E-state index contributed by atoms with van der Waals surface area (Å²) in [6.45, 7) is 11.3. The zero-order valence-corrected chi connectivity index (χ0v) is 30.7. The zero-order chi connectivity index (χ0) is 38.5. The molecule has 8 rings (SSSR count). The molecule has 0 spiro atoms. The van der Waals surface area contributed by atoms with E-state index in [0.29, 0.717) is 61.6 Å². The van der Waals surface area contributed by atoms with Crippen molar-refractivity contribution in [2.75, 3.05) is 18.6 Å². The van der Waals surface area contributed by atoms with Crippen molar-refractivity contribution < 1.29 is 19.4 Å². The lowest BCUT2D eigenvalue weighted by molar-refractivity contribution is 0.0952. The maximum absolute atomic E-state index is 14.4. The number of phenols is 1. The number of carbonyl (C=O) groups is 2. The van der Waals surface area contributed by atoms with Crippen molar-refractivity contribution in [3.63, 3.8) is 0 Å². The molecule has 0 aliphatic heterocycles. The van der Waals surface area contributed by atoms with Crippen LogP contribution in [0.25, 0.3) is 44.7 Å². The lowest BCUT2D eigenvalue weighted by atomic mass is 10.0. The second-order valence-electron chi connectivity index (χ2n) is 13.6. The molecular weight excluding hydrogens is 688 g/mol. The number of fused-ring (bicyclic) bond motifs is 6. The Kier molecular flexibility index (Phi) is 7.54. The summed E-state index contributed by atoms with van der Waals surface area (Å²) >= 11 is 0. The number of carbonyl (C=O) groups excluding carboxylic acids is 2. The summed E-state index contributed by atoms with van der Waals surface area (Å²) in [6.07, 6.45) is 2.89. The molecule has 16 nitrogen and oxygen atoms in total. The molecule has 2 amide bonds. The Labute approximate surface area is 307 Å². The molecule has 8 aromatic rings. The van der Waals surface area contributed by atoms with Gasteiger partial charge in [-0.2, -0.15) is 19.2 Å². The second kappa shape index (κ2) is 12.0. The molecule has 0 saturated heterocycles. The number of nitrogens with two attached hydrogens (primary N) is 3. The molecule has 8 N–H and O–H groups in total. The lowest BCUT2D eigenvalue weighted by Gasteiger charge is -2.21. The molecule has 0 saturated carbocycles. The Morgan fingerprint density at radius 2 is 1.31 bits per heavy atom. The maximum atomic E-state index is 14.4. The Bertz CT molecular complexity index is 2930. The first-order valence-electron chi connectivity index (χ1n) is 17.1. The Balaban J connectivity index is 1.29. The number of methoxy groups -OCH3 is 1. The van der Waals surface area contributed by atoms with Gasteiger partial charge in [0.25, 0.3) is 11.8 Å². The van der Waals surface area contributed by atoms with Gasteiger partial charge >= 0.3 is 0 Å². The van der Waals surface area contributed by atoms with Gasteiger partial charge in [0.05, 0.1) is 29.6 Å². The van der Waals surface area contributed by atoms with E-state index < -0.39 is 11.8 Å². The van der Waals surface area contributed by atoms with Crippen LogP contribution < -0.4 is 27.3 Å². The van der Waals surface area contributed by atoms with Crippen molar-refractivity contribution >= 4 is 56.8 Å². The number of aryl methyl sites for hydroxylation is 3. The number of benzene rings is 2. The number of nitrogens with zero attached hydrogens (tertiary/aromatic N) is 8. The minimum Gasteiger partial charge on any atom is -0.508 e. The molecule has 0 fully saturated rings. The molecule has 0 radical (unpaired) electrons. The van der Waals surface area contributed by atoms with E-state index >= 15 is 0 Å². The predicted octanol–water partition coefficient (Wildman–Crippen LogP) is 4.42. The molecule has 54 heavy (non-hydrogen) atoms. The molecule has 0 aliphatic rings. The number of primary amides is 1. The fourth-order valence-corrected chi connectivity index (χ4v) is 7.82. The Morgan fingerprint density at radius 3 is 1.89 bits per heavy atom. The van der Waals surface area contributed by atoms with Crippen LogP contribution in [-0.2, 0) is 6.54 Å². The van der Waals surface area contributed by atoms with Gasteiger partial charge in [-0.3, -0.25) is 18.7 Å². The first-order chi connectivity index (χ1) is 25.8. The average Bonchev–Trinajstić information content (AvgIpc) is 3.92. The van der Waals surface area contributed by atoms with E-state index in [1.165, 1.54) is 12.7 Å². The SMILES string of the molecule is COc1cc(CNC(=O)c2c(N)n(-c3c(C)ccc(O)c3C)c3c2cc(C)c2ncnn23)c(C)c(-n2c(N)c(C(N)=O)c3cc(C)c4ncnn4c32)c1C. The van der Waals surface area contributed by atoms with Crippen LogP contribution >= 0.6 is 0 Å². The monoisotopic (exact) mass is 726 g/mol. The van der Waals surface area contributed by atoms with Gasteiger partial charge in [0.15, 0.2) is 22.6 Å². The normalized spacial score (nSPS) is 11.8. The second-order valence-corrected chi connectivity index (χ2v) is 13.6. The van der Waals surface area contributed by atoms with E-state index in [0.717, 1.165) is 27.8 Å². The minimum atomic E-state index is -0.688. The predicted molar refractivity (Wildman–Crippen MR) is 205 cm³/mol. The summed E-state index contributed by atoms with van der Waals surface area (Å²) in [5.74, 6) is -0.220. The summed E-state index contributed by atoms with van der Waals surface area (Å²) in [5.41, 5.74) is 28.7. The summed E-state index contributed by atoms with van der Waals surface area (Å²) < 4.78 is 12.6. The zero-order valence-electron chi connectivity index (χ0n) is 30.7. The van der Waals surface area contributed by atoms with Gasteiger partial charge in [-0.1, -0.05) is 6.07 Å². The third-order valence-corrected chi connectivity index (χ3v) is 10.4. The van der Waals surface area contributed by atoms with Crippen LogP contribution in [0.15, 0.2) is 43.0 Å². The molecule has 274 valence electrons. The summed E-state index contributed by atoms with van der Waals surface area (Å²) in [4.78, 5) is 36.2. The fraction of sp³-hybridized carbons (Fsp3) is 0.211. The number of nitrogen functional groups attached to an aromatic ring is 2. The van der Waals surface area contributed by atoms with Crippen molar-refractivity contribution in [1.82, 2.24) is 43.6 Å². The van der Waals surface area contributed by atoms with Crippen molar-refractivity contribution in [2.24, 2.45) is 5.73 Å². The lowest BCUT2D eigenvalue weighted by Crippen LogP contribution is -2.25. The van der Waals surface area contributed by atoms with E-state index in [-0.39, 0.29) is 35.1 Å². The number of aromatic nitrogens is 8. The highest BCUT2D eigenvalue weighted by Gasteiger charge is 2.29. The third kappa shape index (κ3) is 4.62. The number of aromatic hydroxyl groups is 1. The Morgan fingerprint density at radius 1 is 0.759 bits per heavy atom. The van der Waals surface area contributed by atoms with Gasteiger partial charge in [-0.15, -0.1) is 0 Å². The maximum Gasteiger partial charge on any atom is 0.255 e. The van der Waals surface area contributed by atoms with Crippen molar-refractivity contribution in [3.05, 3.63) is 93.1 Å². The highest BCUT2D eigenvalue weighted by molar-refractivity contribution is 6.13. The molecule has 2 aromatic carbocycles. The van der Waals surface area contributed by atoms with E-state index in [4.69, 9.17) is 21.9 Å². The smallest absolute Gasteiger partial charge is 0.255 e. The van der Waals surface area contributed by atoms with Gasteiger partial charge < -0.3 is 32.4 Å². The topological polar surface area (TPSA) is 224 Å². The van der Waals surface area contributed by atoms with Crippen LogP contribution in [0.2, 0.25) is 0 Å². The third-order valence-electron chi connectivity index (χ3n) is 10.4. The van der Waals surface area contributed by atoms with Crippen LogP contribution in [0, 0.1) is 41.5 Å². The van der Waals surface area contributed by atoms with Gasteiger partial charge in [0.1, 0.15) is 35.8 Å². The Hall–Kier alpha value is -7.10. The van der Waals surface area contributed by atoms with Gasteiger partial charge in [-0.25, -0.2) is 9.97 Å². The summed E-state index contributed by atoms with van der Waals surface area (Å²) in [5, 5.41) is 23.9. The number of nitrogens with one attached hydrogen (secondary N) is 1. The molecule has 16 heteroatoms. The van der Waals surface area contributed by atoms with E-state index in [1.807, 2.05) is 52.8 Å². The summed E-state index contributed by atoms with van der Waals surface area (Å²) in [7, 11) is 1.56. The van der Waals surface area contributed by atoms with Crippen LogP contribution in [0.4, 0.5) is 11.6 Å². The number of hydrogen-bond acceptors (Lipinski definition) is 10. The van der Waals surface area contributed by atoms with Crippen molar-refractivity contribution in [3.8, 4) is 22.9 Å². The number of rotatable bonds is 7. The molecule has 6 heterocycles. The minimum absolute atomic E-state index is 0.0643. The number of ether oxygens (including phenoxy) is 1. The molecule has 0 bridgehead atoms. The van der Waals surface area contributed by atoms with E-state index in [1.54, 1.807) is 44.3 Å². The summed E-state index contributed by atoms with van der Waals surface area (Å²) in [6, 6.07) is 8.97. The number of pyridine rings is 2. The van der Waals surface area contributed by atoms with Crippen molar-refractivity contribution in [2.45, 2.75) is 48.1 Å². The van der Waals surface area contributed by atoms with Gasteiger partial charge in [0, 0.05) is 28.4 Å². The van der Waals surface area contributed by atoms with Crippen LogP contribution in [-0.4, -0.2) is 62.4 Å². The van der Waals surface area contributed by atoms with E-state index in [2.05, 4.69) is 25.5 Å². The van der Waals surface area contributed by atoms with Gasteiger partial charge in [-0.05, 0) is 93.6 Å². The largest absolute Gasteiger partial charge is 0.508 e. The van der Waals surface area contributed by atoms with Crippen LogP contribution in [0.1, 0.15) is 59.7 Å². The van der Waals surface area contributed by atoms with Crippen LogP contribution in [0.5, 0.6) is 11.5 Å². The highest BCUT2D eigenvalue weighted by atomic mass is 16.5. The highest BCUT2D eigenvalue weighted by Crippen LogP contribution is 2.40. The average molecular weight is 727 g/mol. The first-order valence-corrected chi connectivity index (χ1v) is 17.1. The molecule has 6 aromatic heterocycles. The quantitative estimate of drug-likeness (QED) is 0.155. The number of hydrogen-bond donors (Lipinski definition) is 5. The first kappa shape index (κ1) is 34.0.